The molecular weight excluding hydrogens is 370 g/mol. The van der Waals surface area contributed by atoms with E-state index in [0.29, 0.717) is 0 Å². The van der Waals surface area contributed by atoms with E-state index in [0.717, 1.165) is 49.8 Å². The Morgan fingerprint density at radius 2 is 1.93 bits per heavy atom. The molecular formula is C20H17N7S. The van der Waals surface area contributed by atoms with Crippen LogP contribution in [0, 0.1) is 0 Å². The van der Waals surface area contributed by atoms with Crippen molar-refractivity contribution in [2.45, 2.75) is 23.4 Å². The van der Waals surface area contributed by atoms with Crippen molar-refractivity contribution in [3.05, 3.63) is 60.7 Å². The summed E-state index contributed by atoms with van der Waals surface area (Å²) in [5.74, 6) is 0. The fourth-order valence-corrected chi connectivity index (χ4v) is 3.90. The van der Waals surface area contributed by atoms with Crippen molar-refractivity contribution >= 4 is 28.3 Å². The van der Waals surface area contributed by atoms with Gasteiger partial charge in [-0.15, -0.1) is 10.2 Å². The molecule has 0 atom stereocenters. The molecule has 0 radical (unpaired) electrons. The monoisotopic (exact) mass is 387 g/mol. The van der Waals surface area contributed by atoms with Gasteiger partial charge in [0.15, 0.2) is 5.65 Å². The van der Waals surface area contributed by atoms with Gasteiger partial charge < -0.3 is 0 Å². The average molecular weight is 387 g/mol. The largest absolute Gasteiger partial charge is 0.275 e. The molecule has 0 N–H and O–H groups in total. The minimum absolute atomic E-state index is 0.751. The Kier molecular flexibility index (Phi) is 4.05. The highest BCUT2D eigenvalue weighted by atomic mass is 32.2. The number of aryl methyl sites for hydroxylation is 2. The summed E-state index contributed by atoms with van der Waals surface area (Å²) in [4.78, 5) is 5.65. The van der Waals surface area contributed by atoms with Gasteiger partial charge in [-0.2, -0.15) is 14.7 Å². The summed E-state index contributed by atoms with van der Waals surface area (Å²) in [5, 5.41) is 19.2. The topological polar surface area (TPSA) is 73.8 Å². The lowest BCUT2D eigenvalue weighted by Gasteiger charge is -2.04. The molecule has 8 heteroatoms. The summed E-state index contributed by atoms with van der Waals surface area (Å²) < 4.78 is 3.60. The van der Waals surface area contributed by atoms with Crippen molar-refractivity contribution in [1.29, 1.82) is 0 Å². The number of aromatic nitrogens is 7. The van der Waals surface area contributed by atoms with Crippen molar-refractivity contribution in [3.63, 3.8) is 0 Å². The van der Waals surface area contributed by atoms with Crippen LogP contribution in [0.15, 0.2) is 65.0 Å². The molecule has 5 rings (SSSR count). The van der Waals surface area contributed by atoms with Gasteiger partial charge in [0.2, 0.25) is 5.16 Å². The van der Waals surface area contributed by atoms with Gasteiger partial charge >= 0.3 is 0 Å². The van der Waals surface area contributed by atoms with Gasteiger partial charge in [-0.3, -0.25) is 9.67 Å². The van der Waals surface area contributed by atoms with Crippen LogP contribution in [-0.4, -0.2) is 34.6 Å². The second-order valence-electron chi connectivity index (χ2n) is 6.51. The van der Waals surface area contributed by atoms with Crippen molar-refractivity contribution in [3.8, 4) is 11.1 Å². The maximum Gasteiger partial charge on any atom is 0.217 e. The Balaban J connectivity index is 1.52. The van der Waals surface area contributed by atoms with Crippen molar-refractivity contribution in [2.24, 2.45) is 7.05 Å². The van der Waals surface area contributed by atoms with E-state index < -0.39 is 0 Å². The molecule has 5 aromatic rings. The summed E-state index contributed by atoms with van der Waals surface area (Å²) in [6.07, 6.45) is 6.59. The zero-order valence-electron chi connectivity index (χ0n) is 15.4. The van der Waals surface area contributed by atoms with E-state index in [1.54, 1.807) is 21.0 Å². The van der Waals surface area contributed by atoms with E-state index >= 15 is 0 Å². The molecule has 0 saturated carbocycles. The molecule has 4 heterocycles. The maximum atomic E-state index is 4.62. The minimum atomic E-state index is 0.751. The zero-order valence-corrected chi connectivity index (χ0v) is 16.3. The number of rotatable bonds is 4. The number of nitrogens with zero attached hydrogens (tertiary/aromatic N) is 7. The predicted molar refractivity (Wildman–Crippen MR) is 108 cm³/mol. The van der Waals surface area contributed by atoms with E-state index in [9.17, 15) is 0 Å². The van der Waals surface area contributed by atoms with Crippen molar-refractivity contribution in [1.82, 2.24) is 34.6 Å². The molecule has 0 fully saturated rings. The van der Waals surface area contributed by atoms with Gasteiger partial charge in [-0.25, -0.2) is 0 Å². The van der Waals surface area contributed by atoms with Crippen LogP contribution in [0.1, 0.15) is 12.6 Å². The normalized spacial score (nSPS) is 11.5. The van der Waals surface area contributed by atoms with Gasteiger partial charge in [0.05, 0.1) is 17.4 Å². The maximum absolute atomic E-state index is 4.62. The quantitative estimate of drug-likeness (QED) is 0.467. The van der Waals surface area contributed by atoms with Crippen LogP contribution in [0.2, 0.25) is 0 Å². The third kappa shape index (κ3) is 3.01. The molecule has 0 saturated heterocycles. The van der Waals surface area contributed by atoms with Crippen LogP contribution < -0.4 is 0 Å². The molecule has 1 aromatic carbocycles. The smallest absolute Gasteiger partial charge is 0.217 e. The van der Waals surface area contributed by atoms with E-state index in [1.165, 1.54) is 0 Å². The fourth-order valence-electron chi connectivity index (χ4n) is 3.07. The molecule has 0 aliphatic carbocycles. The SMILES string of the molecule is CCc1ccc2nnc(Sc3ccc4ncc(-c5cnn(C)c5)cc4c3)n2n1. The summed E-state index contributed by atoms with van der Waals surface area (Å²) in [6, 6.07) is 12.3. The summed E-state index contributed by atoms with van der Waals surface area (Å²) in [7, 11) is 1.91. The second kappa shape index (κ2) is 6.72. The first-order chi connectivity index (χ1) is 13.7. The highest BCUT2D eigenvalue weighted by molar-refractivity contribution is 7.99. The summed E-state index contributed by atoms with van der Waals surface area (Å²) >= 11 is 1.55. The lowest BCUT2D eigenvalue weighted by Crippen LogP contribution is -1.97. The first-order valence-corrected chi connectivity index (χ1v) is 9.79. The molecule has 7 nitrogen and oxygen atoms in total. The Morgan fingerprint density at radius 1 is 1.00 bits per heavy atom. The first-order valence-electron chi connectivity index (χ1n) is 8.97. The Morgan fingerprint density at radius 3 is 2.75 bits per heavy atom. The van der Waals surface area contributed by atoms with Gasteiger partial charge in [0.25, 0.3) is 0 Å². The third-order valence-corrected chi connectivity index (χ3v) is 5.48. The molecule has 138 valence electrons. The number of benzene rings is 1. The van der Waals surface area contributed by atoms with Crippen LogP contribution in [0.3, 0.4) is 0 Å². The van der Waals surface area contributed by atoms with Crippen LogP contribution >= 0.6 is 11.8 Å². The van der Waals surface area contributed by atoms with Gasteiger partial charge in [0.1, 0.15) is 0 Å². The number of hydrogen-bond donors (Lipinski definition) is 0. The second-order valence-corrected chi connectivity index (χ2v) is 7.55. The van der Waals surface area contributed by atoms with Crippen LogP contribution in [0.5, 0.6) is 0 Å². The number of hydrogen-bond acceptors (Lipinski definition) is 6. The summed E-state index contributed by atoms with van der Waals surface area (Å²) in [5.41, 5.74) is 4.81. The molecule has 0 bridgehead atoms. The molecule has 0 unspecified atom stereocenters. The predicted octanol–water partition coefficient (Wildman–Crippen LogP) is 3.79. The number of pyridine rings is 1. The van der Waals surface area contributed by atoms with Gasteiger partial charge in [-0.05, 0) is 54.6 Å². The standard InChI is InChI=1S/C20H17N7S/c1-3-16-4-7-19-23-24-20(27(19)25-16)28-17-5-6-18-13(9-17)8-14(10-21-18)15-11-22-26(2)12-15/h4-12H,3H2,1-2H3. The summed E-state index contributed by atoms with van der Waals surface area (Å²) in [6.45, 7) is 2.08. The number of fused-ring (bicyclic) bond motifs is 2. The average Bonchev–Trinajstić information content (AvgIpc) is 3.33. The van der Waals surface area contributed by atoms with Crippen LogP contribution in [-0.2, 0) is 13.5 Å². The third-order valence-electron chi connectivity index (χ3n) is 4.55. The van der Waals surface area contributed by atoms with Gasteiger partial charge in [-0.1, -0.05) is 6.92 Å². The lowest BCUT2D eigenvalue weighted by atomic mass is 10.1. The first kappa shape index (κ1) is 16.9. The Labute approximate surface area is 165 Å². The van der Waals surface area contributed by atoms with Crippen LogP contribution in [0.25, 0.3) is 27.7 Å². The zero-order chi connectivity index (χ0) is 19.1. The van der Waals surface area contributed by atoms with Crippen molar-refractivity contribution < 1.29 is 0 Å². The minimum Gasteiger partial charge on any atom is -0.275 e. The molecule has 4 aromatic heterocycles. The molecule has 28 heavy (non-hydrogen) atoms. The lowest BCUT2D eigenvalue weighted by molar-refractivity contribution is 0.768. The fraction of sp³-hybridized carbons (Fsp3) is 0.150. The molecule has 0 amide bonds. The molecule has 0 spiro atoms. The van der Waals surface area contributed by atoms with E-state index in [-0.39, 0.29) is 0 Å². The van der Waals surface area contributed by atoms with Crippen LogP contribution in [0.4, 0.5) is 0 Å². The Hall–Kier alpha value is -3.26. The highest BCUT2D eigenvalue weighted by Crippen LogP contribution is 2.30. The van der Waals surface area contributed by atoms with E-state index in [1.807, 2.05) is 43.8 Å². The van der Waals surface area contributed by atoms with Gasteiger partial charge in [0, 0.05) is 40.8 Å². The highest BCUT2D eigenvalue weighted by Gasteiger charge is 2.10. The van der Waals surface area contributed by atoms with E-state index in [2.05, 4.69) is 50.5 Å². The molecule has 0 aliphatic rings. The molecule has 0 aliphatic heterocycles. The van der Waals surface area contributed by atoms with Crippen molar-refractivity contribution in [2.75, 3.05) is 0 Å². The Bertz CT molecular complexity index is 1300. The van der Waals surface area contributed by atoms with E-state index in [4.69, 9.17) is 0 Å².